The molecule has 1 saturated carbocycles. The number of hydrogen-bond donors (Lipinski definition) is 2. The predicted octanol–water partition coefficient (Wildman–Crippen LogP) is 5.63. The molecule has 1 fully saturated rings. The molecule has 1 aliphatic carbocycles. The van der Waals surface area contributed by atoms with Gasteiger partial charge in [0.05, 0.1) is 10.2 Å². The molecule has 0 aromatic carbocycles. The highest BCUT2D eigenvalue weighted by molar-refractivity contribution is 7.17. The summed E-state index contributed by atoms with van der Waals surface area (Å²) in [5.74, 6) is 0.0606. The van der Waals surface area contributed by atoms with E-state index in [4.69, 9.17) is 0 Å². The van der Waals surface area contributed by atoms with Crippen molar-refractivity contribution < 1.29 is 4.79 Å². The van der Waals surface area contributed by atoms with Crippen LogP contribution in [0, 0.1) is 0 Å². The zero-order valence-corrected chi connectivity index (χ0v) is 14.7. The van der Waals surface area contributed by atoms with E-state index in [9.17, 15) is 4.79 Å². The number of H-pyrrole nitrogens is 1. The molecule has 0 unspecified atom stereocenters. The van der Waals surface area contributed by atoms with Crippen molar-refractivity contribution in [1.29, 1.82) is 0 Å². The first-order valence-electron chi connectivity index (χ1n) is 9.20. The number of aromatic amines is 1. The molecule has 0 atom stereocenters. The Labute approximate surface area is 142 Å². The van der Waals surface area contributed by atoms with Gasteiger partial charge in [-0.1, -0.05) is 57.8 Å². The second kappa shape index (κ2) is 8.53. The number of nitrogens with one attached hydrogen (secondary N) is 2. The van der Waals surface area contributed by atoms with Crippen LogP contribution in [0.3, 0.4) is 0 Å². The first kappa shape index (κ1) is 16.6. The van der Waals surface area contributed by atoms with Crippen LogP contribution in [0.15, 0.2) is 17.5 Å². The van der Waals surface area contributed by atoms with Gasteiger partial charge in [-0.05, 0) is 30.4 Å². The topological polar surface area (TPSA) is 44.9 Å². The lowest BCUT2D eigenvalue weighted by atomic mass is 9.98. The number of carbonyl (C=O) groups excluding carboxylic acids is 1. The minimum absolute atomic E-state index is 0.0606. The molecule has 3 nitrogen and oxygen atoms in total. The highest BCUT2D eigenvalue weighted by Crippen LogP contribution is 2.22. The van der Waals surface area contributed by atoms with Crippen molar-refractivity contribution in [2.24, 2.45) is 0 Å². The first-order chi connectivity index (χ1) is 11.3. The molecule has 2 N–H and O–H groups in total. The van der Waals surface area contributed by atoms with Gasteiger partial charge in [-0.2, -0.15) is 0 Å². The fourth-order valence-corrected chi connectivity index (χ4v) is 4.32. The van der Waals surface area contributed by atoms with E-state index in [1.54, 1.807) is 11.3 Å². The zero-order valence-electron chi connectivity index (χ0n) is 13.9. The Hall–Kier alpha value is -1.29. The molecule has 0 bridgehead atoms. The molecule has 126 valence electrons. The number of carbonyl (C=O) groups is 1. The third kappa shape index (κ3) is 4.84. The van der Waals surface area contributed by atoms with E-state index in [-0.39, 0.29) is 5.91 Å². The van der Waals surface area contributed by atoms with Crippen molar-refractivity contribution in [2.45, 2.75) is 76.7 Å². The van der Waals surface area contributed by atoms with Gasteiger partial charge in [0.2, 0.25) is 0 Å². The molecule has 0 radical (unpaired) electrons. The molecule has 0 aliphatic heterocycles. The van der Waals surface area contributed by atoms with Crippen LogP contribution < -0.4 is 5.32 Å². The number of rotatable bonds is 2. The lowest BCUT2D eigenvalue weighted by Crippen LogP contribution is -2.35. The molecular formula is C19H28N2OS. The van der Waals surface area contributed by atoms with E-state index >= 15 is 0 Å². The maximum atomic E-state index is 12.5. The number of aromatic nitrogens is 1. The van der Waals surface area contributed by atoms with Crippen molar-refractivity contribution in [3.63, 3.8) is 0 Å². The summed E-state index contributed by atoms with van der Waals surface area (Å²) in [7, 11) is 0. The van der Waals surface area contributed by atoms with Gasteiger partial charge in [0, 0.05) is 6.04 Å². The highest BCUT2D eigenvalue weighted by Gasteiger charge is 2.16. The average Bonchev–Trinajstić information content (AvgIpc) is 3.11. The van der Waals surface area contributed by atoms with Gasteiger partial charge in [-0.15, -0.1) is 11.3 Å². The minimum atomic E-state index is 0.0606. The molecule has 2 aromatic heterocycles. The molecule has 23 heavy (non-hydrogen) atoms. The summed E-state index contributed by atoms with van der Waals surface area (Å²) in [6, 6.07) is 4.35. The largest absolute Gasteiger partial charge is 0.350 e. The monoisotopic (exact) mass is 332 g/mol. The summed E-state index contributed by atoms with van der Waals surface area (Å²) in [6.45, 7) is 0. The maximum Gasteiger partial charge on any atom is 0.267 e. The smallest absolute Gasteiger partial charge is 0.267 e. The molecule has 0 saturated heterocycles. The minimum Gasteiger partial charge on any atom is -0.350 e. The van der Waals surface area contributed by atoms with Crippen LogP contribution in [0.5, 0.6) is 0 Å². The molecule has 4 heteroatoms. The number of thiophene rings is 1. The third-order valence-corrected chi connectivity index (χ3v) is 5.79. The predicted molar refractivity (Wildman–Crippen MR) is 98.2 cm³/mol. The van der Waals surface area contributed by atoms with E-state index in [1.807, 2.05) is 12.1 Å². The van der Waals surface area contributed by atoms with Crippen molar-refractivity contribution >= 4 is 27.5 Å². The Morgan fingerprint density at radius 3 is 2.22 bits per heavy atom. The number of hydrogen-bond acceptors (Lipinski definition) is 2. The summed E-state index contributed by atoms with van der Waals surface area (Å²) in [4.78, 5) is 15.7. The van der Waals surface area contributed by atoms with Crippen LogP contribution >= 0.6 is 11.3 Å². The van der Waals surface area contributed by atoms with E-state index in [2.05, 4.69) is 15.7 Å². The zero-order chi connectivity index (χ0) is 15.9. The average molecular weight is 333 g/mol. The molecule has 2 heterocycles. The Bertz CT molecular complexity index is 575. The second-order valence-corrected chi connectivity index (χ2v) is 7.76. The molecule has 1 aliphatic rings. The van der Waals surface area contributed by atoms with Crippen LogP contribution in [0.4, 0.5) is 0 Å². The standard InChI is InChI=1S/C19H28N2OS/c22-19(17-14-18-16(21-17)12-13-23-18)20-15-10-8-6-4-2-1-3-5-7-9-11-15/h12-15,21H,1-11H2,(H,20,22). The van der Waals surface area contributed by atoms with Gasteiger partial charge < -0.3 is 10.3 Å². The Kier molecular flexibility index (Phi) is 6.14. The Morgan fingerprint density at radius 1 is 1.00 bits per heavy atom. The fourth-order valence-electron chi connectivity index (χ4n) is 3.54. The van der Waals surface area contributed by atoms with E-state index in [0.29, 0.717) is 11.7 Å². The van der Waals surface area contributed by atoms with Crippen LogP contribution in [0.2, 0.25) is 0 Å². The van der Waals surface area contributed by atoms with E-state index < -0.39 is 0 Å². The van der Waals surface area contributed by atoms with Gasteiger partial charge in [0.1, 0.15) is 5.69 Å². The third-order valence-electron chi connectivity index (χ3n) is 4.92. The lowest BCUT2D eigenvalue weighted by Gasteiger charge is -2.19. The number of amides is 1. The molecule has 2 aromatic rings. The van der Waals surface area contributed by atoms with Crippen molar-refractivity contribution in [1.82, 2.24) is 10.3 Å². The quantitative estimate of drug-likeness (QED) is 0.735. The van der Waals surface area contributed by atoms with Gasteiger partial charge in [0.25, 0.3) is 5.91 Å². The van der Waals surface area contributed by atoms with Crippen LogP contribution in [-0.2, 0) is 0 Å². The summed E-state index contributed by atoms with van der Waals surface area (Å²) in [6.07, 6.45) is 14.2. The maximum absolute atomic E-state index is 12.5. The highest BCUT2D eigenvalue weighted by atomic mass is 32.1. The SMILES string of the molecule is O=C(NC1CCCCCCCCCCC1)c1cc2sccc2[nH]1. The van der Waals surface area contributed by atoms with E-state index in [1.165, 1.54) is 57.8 Å². The van der Waals surface area contributed by atoms with Crippen LogP contribution in [0.1, 0.15) is 81.1 Å². The summed E-state index contributed by atoms with van der Waals surface area (Å²) in [5.41, 5.74) is 1.77. The fraction of sp³-hybridized carbons (Fsp3) is 0.632. The lowest BCUT2D eigenvalue weighted by molar-refractivity contribution is 0.0927. The van der Waals surface area contributed by atoms with Crippen molar-refractivity contribution in [3.05, 3.63) is 23.2 Å². The van der Waals surface area contributed by atoms with Crippen LogP contribution in [-0.4, -0.2) is 16.9 Å². The normalized spacial score (nSPS) is 19.1. The Morgan fingerprint density at radius 2 is 1.61 bits per heavy atom. The number of fused-ring (bicyclic) bond motifs is 1. The molecule has 3 rings (SSSR count). The van der Waals surface area contributed by atoms with Gasteiger partial charge in [0.15, 0.2) is 0 Å². The van der Waals surface area contributed by atoms with Gasteiger partial charge in [-0.3, -0.25) is 4.79 Å². The first-order valence-corrected chi connectivity index (χ1v) is 10.1. The summed E-state index contributed by atoms with van der Waals surface area (Å²) < 4.78 is 1.16. The van der Waals surface area contributed by atoms with E-state index in [0.717, 1.165) is 23.1 Å². The van der Waals surface area contributed by atoms with Crippen molar-refractivity contribution in [3.8, 4) is 0 Å². The summed E-state index contributed by atoms with van der Waals surface area (Å²) in [5, 5.41) is 5.32. The summed E-state index contributed by atoms with van der Waals surface area (Å²) >= 11 is 1.68. The van der Waals surface area contributed by atoms with Gasteiger partial charge in [-0.25, -0.2) is 0 Å². The van der Waals surface area contributed by atoms with Gasteiger partial charge >= 0.3 is 0 Å². The Balaban J connectivity index is 1.56. The molecular weight excluding hydrogens is 304 g/mol. The second-order valence-electron chi connectivity index (χ2n) is 6.81. The molecule has 1 amide bonds. The van der Waals surface area contributed by atoms with Crippen LogP contribution in [0.25, 0.3) is 10.2 Å². The molecule has 0 spiro atoms. The van der Waals surface area contributed by atoms with Crippen molar-refractivity contribution in [2.75, 3.05) is 0 Å².